The monoisotopic (exact) mass is 416 g/mol. The molecule has 2 N–H and O–H groups in total. The summed E-state index contributed by atoms with van der Waals surface area (Å²) in [7, 11) is 0. The van der Waals surface area contributed by atoms with Crippen molar-refractivity contribution in [1.29, 1.82) is 0 Å². The number of carbonyl (C=O) groups excluding carboxylic acids is 2. The third-order valence-corrected chi connectivity index (χ3v) is 7.21. The van der Waals surface area contributed by atoms with Gasteiger partial charge in [-0.15, -0.1) is 21.5 Å². The van der Waals surface area contributed by atoms with E-state index in [9.17, 15) is 9.59 Å². The normalized spacial score (nSPS) is 11.9. The highest BCUT2D eigenvalue weighted by molar-refractivity contribution is 8.03. The van der Waals surface area contributed by atoms with Crippen molar-refractivity contribution in [2.75, 3.05) is 18.1 Å². The molecule has 2 aromatic heterocycles. The van der Waals surface area contributed by atoms with E-state index in [0.717, 1.165) is 20.0 Å². The average molecular weight is 417 g/mol. The maximum Gasteiger partial charge on any atom is 0.230 e. The van der Waals surface area contributed by atoms with E-state index in [4.69, 9.17) is 0 Å². The molecule has 10 heteroatoms. The van der Waals surface area contributed by atoms with Crippen LogP contribution in [0.25, 0.3) is 0 Å². The number of carbonyl (C=O) groups is 2. The lowest BCUT2D eigenvalue weighted by Crippen LogP contribution is -2.27. The molecule has 0 bridgehead atoms. The molecule has 1 atom stereocenters. The molecule has 0 aliphatic carbocycles. The standard InChI is InChI=1S/C15H20N4O2S4/c1-3-6-16-12(20)8-23-14-18-19-15(25-14)24-9-13(21)17-10(2)11-5-4-7-22-11/h4-5,7,10H,3,6,8-9H2,1-2H3,(H,16,20)(H,17,21)/t10-/m1/s1. The van der Waals surface area contributed by atoms with Gasteiger partial charge in [0, 0.05) is 11.4 Å². The minimum absolute atomic E-state index is 0.00167. The Kier molecular flexibility index (Phi) is 8.73. The van der Waals surface area contributed by atoms with Crippen LogP contribution in [0.5, 0.6) is 0 Å². The molecule has 136 valence electrons. The maximum absolute atomic E-state index is 12.0. The fourth-order valence-electron chi connectivity index (χ4n) is 1.78. The number of aromatic nitrogens is 2. The first kappa shape index (κ1) is 20.2. The number of hydrogen-bond donors (Lipinski definition) is 2. The highest BCUT2D eigenvalue weighted by atomic mass is 32.2. The largest absolute Gasteiger partial charge is 0.355 e. The summed E-state index contributed by atoms with van der Waals surface area (Å²) in [6.45, 7) is 4.67. The first-order chi connectivity index (χ1) is 12.1. The Morgan fingerprint density at radius 1 is 1.20 bits per heavy atom. The Morgan fingerprint density at radius 3 is 2.48 bits per heavy atom. The first-order valence-electron chi connectivity index (χ1n) is 7.77. The van der Waals surface area contributed by atoms with Crippen molar-refractivity contribution in [1.82, 2.24) is 20.8 Å². The van der Waals surface area contributed by atoms with Crippen LogP contribution in [0.2, 0.25) is 0 Å². The second-order valence-electron chi connectivity index (χ2n) is 5.07. The third-order valence-electron chi connectivity index (χ3n) is 2.96. The summed E-state index contributed by atoms with van der Waals surface area (Å²) in [6, 6.07) is 3.99. The van der Waals surface area contributed by atoms with Crippen molar-refractivity contribution in [3.8, 4) is 0 Å². The SMILES string of the molecule is CCCNC(=O)CSc1nnc(SCC(=O)N[C@H](C)c2cccs2)s1. The highest BCUT2D eigenvalue weighted by Gasteiger charge is 2.13. The summed E-state index contributed by atoms with van der Waals surface area (Å²) in [6.07, 6.45) is 0.920. The highest BCUT2D eigenvalue weighted by Crippen LogP contribution is 2.28. The van der Waals surface area contributed by atoms with Crippen LogP contribution in [-0.4, -0.2) is 40.1 Å². The molecule has 6 nitrogen and oxygen atoms in total. The Bertz CT molecular complexity index is 675. The smallest absolute Gasteiger partial charge is 0.230 e. The molecular formula is C15H20N4O2S4. The number of thiophene rings is 1. The van der Waals surface area contributed by atoms with Gasteiger partial charge >= 0.3 is 0 Å². The molecular weight excluding hydrogens is 396 g/mol. The number of hydrogen-bond acceptors (Lipinski definition) is 8. The summed E-state index contributed by atoms with van der Waals surface area (Å²) in [5.41, 5.74) is 0. The van der Waals surface area contributed by atoms with Gasteiger partial charge in [0.05, 0.1) is 17.5 Å². The molecule has 2 heterocycles. The van der Waals surface area contributed by atoms with Crippen LogP contribution in [-0.2, 0) is 9.59 Å². The lowest BCUT2D eigenvalue weighted by Gasteiger charge is -2.11. The van der Waals surface area contributed by atoms with Crippen LogP contribution in [0.1, 0.15) is 31.2 Å². The molecule has 0 saturated carbocycles. The van der Waals surface area contributed by atoms with Gasteiger partial charge in [-0.3, -0.25) is 9.59 Å². The van der Waals surface area contributed by atoms with Crippen molar-refractivity contribution in [2.24, 2.45) is 0 Å². The predicted molar refractivity (Wildman–Crippen MR) is 106 cm³/mol. The Labute approximate surface area is 163 Å². The minimum atomic E-state index is -0.0331. The number of nitrogens with zero attached hydrogens (tertiary/aromatic N) is 2. The second-order valence-corrected chi connectivity index (χ2v) is 9.47. The van der Waals surface area contributed by atoms with Gasteiger partial charge in [0.25, 0.3) is 0 Å². The van der Waals surface area contributed by atoms with Crippen molar-refractivity contribution < 1.29 is 9.59 Å². The molecule has 0 aliphatic rings. The van der Waals surface area contributed by atoms with E-state index >= 15 is 0 Å². The van der Waals surface area contributed by atoms with Gasteiger partial charge < -0.3 is 10.6 Å². The molecule has 0 unspecified atom stereocenters. The fraction of sp³-hybridized carbons (Fsp3) is 0.467. The molecule has 2 aromatic rings. The molecule has 0 fully saturated rings. The Morgan fingerprint density at radius 2 is 1.88 bits per heavy atom. The Balaban J connectivity index is 1.70. The van der Waals surface area contributed by atoms with Crippen LogP contribution in [0, 0.1) is 0 Å². The van der Waals surface area contributed by atoms with Crippen LogP contribution in [0.15, 0.2) is 26.2 Å². The van der Waals surface area contributed by atoms with Gasteiger partial charge in [-0.25, -0.2) is 0 Å². The molecule has 0 spiro atoms. The predicted octanol–water partition coefficient (Wildman–Crippen LogP) is 3.19. The molecule has 0 aromatic carbocycles. The van der Waals surface area contributed by atoms with Crippen LogP contribution >= 0.6 is 46.2 Å². The van der Waals surface area contributed by atoms with Gasteiger partial charge in [0.2, 0.25) is 11.8 Å². The Hall–Kier alpha value is -1.10. The minimum Gasteiger partial charge on any atom is -0.355 e. The van der Waals surface area contributed by atoms with Crippen molar-refractivity contribution in [3.05, 3.63) is 22.4 Å². The zero-order chi connectivity index (χ0) is 18.1. The average Bonchev–Trinajstić information content (AvgIpc) is 3.27. The van der Waals surface area contributed by atoms with Gasteiger partial charge in [-0.05, 0) is 24.8 Å². The van der Waals surface area contributed by atoms with Crippen molar-refractivity contribution >= 4 is 58.0 Å². The summed E-state index contributed by atoms with van der Waals surface area (Å²) >= 11 is 5.75. The number of amides is 2. The molecule has 0 radical (unpaired) electrons. The lowest BCUT2D eigenvalue weighted by molar-refractivity contribution is -0.119. The second kappa shape index (κ2) is 10.8. The van der Waals surface area contributed by atoms with E-state index in [-0.39, 0.29) is 17.9 Å². The van der Waals surface area contributed by atoms with E-state index < -0.39 is 0 Å². The van der Waals surface area contributed by atoms with E-state index in [2.05, 4.69) is 20.8 Å². The van der Waals surface area contributed by atoms with Gasteiger partial charge in [-0.2, -0.15) is 0 Å². The molecule has 2 amide bonds. The molecule has 0 saturated heterocycles. The molecule has 25 heavy (non-hydrogen) atoms. The van der Waals surface area contributed by atoms with Crippen molar-refractivity contribution in [3.63, 3.8) is 0 Å². The number of nitrogens with one attached hydrogen (secondary N) is 2. The van der Waals surface area contributed by atoms with Crippen molar-refractivity contribution in [2.45, 2.75) is 35.0 Å². The van der Waals surface area contributed by atoms with Crippen LogP contribution in [0.4, 0.5) is 0 Å². The summed E-state index contributed by atoms with van der Waals surface area (Å²) in [4.78, 5) is 24.7. The zero-order valence-corrected chi connectivity index (χ0v) is 17.2. The topological polar surface area (TPSA) is 84.0 Å². The van der Waals surface area contributed by atoms with Gasteiger partial charge in [-0.1, -0.05) is 47.9 Å². The van der Waals surface area contributed by atoms with Gasteiger partial charge in [0.15, 0.2) is 8.68 Å². The first-order valence-corrected chi connectivity index (χ1v) is 11.4. The van der Waals surface area contributed by atoms with Gasteiger partial charge in [0.1, 0.15) is 0 Å². The van der Waals surface area contributed by atoms with E-state index in [0.29, 0.717) is 18.1 Å². The number of rotatable bonds is 10. The molecule has 0 aliphatic heterocycles. The lowest BCUT2D eigenvalue weighted by atomic mass is 10.3. The number of thioether (sulfide) groups is 2. The quantitative estimate of drug-likeness (QED) is 0.579. The fourth-order valence-corrected chi connectivity index (χ4v) is 5.17. The molecule has 2 rings (SSSR count). The maximum atomic E-state index is 12.0. The van der Waals surface area contributed by atoms with E-state index in [1.807, 2.05) is 31.4 Å². The summed E-state index contributed by atoms with van der Waals surface area (Å²) in [5, 5.41) is 15.9. The summed E-state index contributed by atoms with van der Waals surface area (Å²) in [5.74, 6) is 0.594. The van der Waals surface area contributed by atoms with Crippen LogP contribution < -0.4 is 10.6 Å². The summed E-state index contributed by atoms with van der Waals surface area (Å²) < 4.78 is 1.47. The van der Waals surface area contributed by atoms with E-state index in [1.54, 1.807) is 11.3 Å². The van der Waals surface area contributed by atoms with E-state index in [1.165, 1.54) is 34.9 Å². The third kappa shape index (κ3) is 7.35. The zero-order valence-electron chi connectivity index (χ0n) is 14.0. The van der Waals surface area contributed by atoms with Crippen LogP contribution in [0.3, 0.4) is 0 Å².